The van der Waals surface area contributed by atoms with E-state index < -0.39 is 0 Å². The third-order valence-electron chi connectivity index (χ3n) is 16.1. The van der Waals surface area contributed by atoms with E-state index in [1.54, 1.807) is 0 Å². The molecule has 0 atom stereocenters. The van der Waals surface area contributed by atoms with Gasteiger partial charge in [0, 0.05) is 56.1 Å². The Bertz CT molecular complexity index is 3700. The van der Waals surface area contributed by atoms with Gasteiger partial charge in [0.15, 0.2) is 0 Å². The van der Waals surface area contributed by atoms with Gasteiger partial charge in [-0.15, -0.1) is 0 Å². The normalized spacial score (nSPS) is 13.6. The zero-order chi connectivity index (χ0) is 49.2. The van der Waals surface area contributed by atoms with Crippen LogP contribution in [-0.2, 0) is 18.3 Å². The molecular formula is C69H60BN3. The minimum Gasteiger partial charge on any atom is -0.376 e. The average Bonchev–Trinajstić information content (AvgIpc) is 3.67. The van der Waals surface area contributed by atoms with E-state index >= 15 is 0 Å². The van der Waals surface area contributed by atoms with E-state index in [2.05, 4.69) is 261 Å². The van der Waals surface area contributed by atoms with Gasteiger partial charge in [0.1, 0.15) is 0 Å². The van der Waals surface area contributed by atoms with Gasteiger partial charge in [0.25, 0.3) is 0 Å². The molecule has 0 saturated carbocycles. The van der Waals surface area contributed by atoms with Gasteiger partial charge in [-0.25, -0.2) is 0 Å². The standard InChI is InChI=1S/C69H60BN3/c1-5-7-22-47-34-37-52(38-35-47)71(51-27-14-10-15-28-51)54-39-41-65-59(44-54)60-43-50-26-18-19-31-55(50)68-67(60)70(73(65)53-29-16-11-17-30-53)63-46-62-58(56-32-20-21-33-61(56)69(62,3)4)45-66(63)72(68)64-40-36-48(23-8-6-2)42-57(64)49-24-12-9-13-25-49/h9-21,24-46H,5-8,22-23H2,1-4H3. The number of rotatable bonds is 12. The van der Waals surface area contributed by atoms with Gasteiger partial charge in [0.05, 0.1) is 11.4 Å². The average molecular weight is 942 g/mol. The first-order valence-corrected chi connectivity index (χ1v) is 26.7. The van der Waals surface area contributed by atoms with E-state index in [0.29, 0.717) is 0 Å². The van der Waals surface area contributed by atoms with Crippen LogP contribution in [0.2, 0.25) is 0 Å². The van der Waals surface area contributed by atoms with Crippen molar-refractivity contribution in [2.45, 2.75) is 71.6 Å². The van der Waals surface area contributed by atoms with E-state index in [0.717, 1.165) is 42.7 Å². The van der Waals surface area contributed by atoms with Crippen LogP contribution < -0.4 is 25.5 Å². The van der Waals surface area contributed by atoms with Crippen LogP contribution in [0.1, 0.15) is 75.6 Å². The quantitative estimate of drug-likeness (QED) is 0.113. The number of para-hydroxylation sites is 2. The van der Waals surface area contributed by atoms with E-state index in [1.807, 2.05) is 0 Å². The molecule has 0 aromatic heterocycles. The summed E-state index contributed by atoms with van der Waals surface area (Å²) in [6, 6.07) is 82.9. The topological polar surface area (TPSA) is 9.72 Å². The molecule has 73 heavy (non-hydrogen) atoms. The lowest BCUT2D eigenvalue weighted by Gasteiger charge is -2.47. The fraction of sp³-hybridized carbons (Fsp3) is 0.159. The van der Waals surface area contributed by atoms with Gasteiger partial charge in [-0.05, 0) is 165 Å². The van der Waals surface area contributed by atoms with Gasteiger partial charge in [-0.1, -0.05) is 180 Å². The molecule has 0 amide bonds. The first kappa shape index (κ1) is 44.8. The van der Waals surface area contributed by atoms with Gasteiger partial charge in [-0.2, -0.15) is 0 Å². The Morgan fingerprint density at radius 1 is 0.452 bits per heavy atom. The smallest absolute Gasteiger partial charge is 0.333 e. The van der Waals surface area contributed by atoms with Crippen molar-refractivity contribution >= 4 is 74.0 Å². The van der Waals surface area contributed by atoms with E-state index in [1.165, 1.54) is 119 Å². The van der Waals surface area contributed by atoms with Crippen molar-refractivity contribution in [1.82, 2.24) is 0 Å². The van der Waals surface area contributed by atoms with Crippen LogP contribution in [0, 0.1) is 0 Å². The lowest BCUT2D eigenvalue weighted by atomic mass is 9.43. The SMILES string of the molecule is CCCCc1ccc(N(c2ccccc2)c2ccc3c(c2)-c2cc4ccccc4c4c2B(c2cc5c(cc2N4c2ccc(CCCC)cc2-c2ccccc2)-c2ccccc2C5(C)C)N3c2ccccc2)cc1. The fourth-order valence-corrected chi connectivity index (χ4v) is 12.5. The minimum absolute atomic E-state index is 0.142. The molecule has 0 bridgehead atoms. The molecule has 0 N–H and O–H groups in total. The second-order valence-corrected chi connectivity index (χ2v) is 20.9. The third kappa shape index (κ3) is 7.41. The predicted octanol–water partition coefficient (Wildman–Crippen LogP) is 17.7. The van der Waals surface area contributed by atoms with Crippen LogP contribution in [0.3, 0.4) is 0 Å². The van der Waals surface area contributed by atoms with Crippen molar-refractivity contribution in [1.29, 1.82) is 0 Å². The van der Waals surface area contributed by atoms with Gasteiger partial charge in [-0.3, -0.25) is 0 Å². The van der Waals surface area contributed by atoms with E-state index in [-0.39, 0.29) is 12.3 Å². The summed E-state index contributed by atoms with van der Waals surface area (Å²) in [7, 11) is 0. The second kappa shape index (κ2) is 18.2. The lowest BCUT2D eigenvalue weighted by molar-refractivity contribution is 0.661. The molecule has 4 heteroatoms. The highest BCUT2D eigenvalue weighted by atomic mass is 15.2. The zero-order valence-corrected chi connectivity index (χ0v) is 42.4. The Balaban J connectivity index is 1.13. The third-order valence-corrected chi connectivity index (χ3v) is 16.1. The highest BCUT2D eigenvalue weighted by Crippen LogP contribution is 2.55. The van der Waals surface area contributed by atoms with Crippen LogP contribution in [-0.4, -0.2) is 6.85 Å². The van der Waals surface area contributed by atoms with Gasteiger partial charge >= 0.3 is 6.85 Å². The van der Waals surface area contributed by atoms with Crippen molar-refractivity contribution in [3.05, 3.63) is 241 Å². The number of hydrogen-bond acceptors (Lipinski definition) is 3. The molecule has 0 fully saturated rings. The van der Waals surface area contributed by atoms with E-state index in [9.17, 15) is 0 Å². The molecule has 1 aliphatic carbocycles. The molecule has 13 rings (SSSR count). The highest BCUT2D eigenvalue weighted by molar-refractivity contribution is 6.94. The first-order valence-electron chi connectivity index (χ1n) is 26.7. The van der Waals surface area contributed by atoms with Gasteiger partial charge in [0.2, 0.25) is 0 Å². The lowest BCUT2D eigenvalue weighted by Crippen LogP contribution is -2.61. The molecule has 0 radical (unpaired) electrons. The molecule has 10 aromatic rings. The fourth-order valence-electron chi connectivity index (χ4n) is 12.5. The van der Waals surface area contributed by atoms with Crippen LogP contribution >= 0.6 is 0 Å². The second-order valence-electron chi connectivity index (χ2n) is 20.9. The minimum atomic E-state index is -0.192. The van der Waals surface area contributed by atoms with Crippen LogP contribution in [0.25, 0.3) is 44.2 Å². The van der Waals surface area contributed by atoms with Crippen molar-refractivity contribution in [2.24, 2.45) is 0 Å². The Kier molecular flexibility index (Phi) is 11.2. The molecule has 0 saturated heterocycles. The number of unbranched alkanes of at least 4 members (excludes halogenated alkanes) is 2. The predicted molar refractivity (Wildman–Crippen MR) is 313 cm³/mol. The number of hydrogen-bond donors (Lipinski definition) is 0. The molecule has 2 heterocycles. The summed E-state index contributed by atoms with van der Waals surface area (Å²) < 4.78 is 0. The molecule has 354 valence electrons. The largest absolute Gasteiger partial charge is 0.376 e. The Morgan fingerprint density at radius 2 is 1.08 bits per heavy atom. The number of nitrogens with zero attached hydrogens (tertiary/aromatic N) is 3. The highest BCUT2D eigenvalue weighted by Gasteiger charge is 2.48. The Hall–Kier alpha value is -8.08. The molecule has 2 aliphatic heterocycles. The van der Waals surface area contributed by atoms with Crippen LogP contribution in [0.5, 0.6) is 0 Å². The summed E-state index contributed by atoms with van der Waals surface area (Å²) in [4.78, 5) is 7.79. The molecule has 3 aliphatic rings. The summed E-state index contributed by atoms with van der Waals surface area (Å²) >= 11 is 0. The Labute approximate surface area is 432 Å². The summed E-state index contributed by atoms with van der Waals surface area (Å²) in [5, 5.41) is 2.47. The zero-order valence-electron chi connectivity index (χ0n) is 42.4. The summed E-state index contributed by atoms with van der Waals surface area (Å²) in [5.74, 6) is 0. The summed E-state index contributed by atoms with van der Waals surface area (Å²) in [5.41, 5.74) is 25.0. The molecule has 3 nitrogen and oxygen atoms in total. The van der Waals surface area contributed by atoms with Gasteiger partial charge < -0.3 is 14.6 Å². The number of fused-ring (bicyclic) bond motifs is 9. The number of benzene rings is 10. The first-order chi connectivity index (χ1) is 35.9. The Morgan fingerprint density at radius 3 is 1.85 bits per heavy atom. The summed E-state index contributed by atoms with van der Waals surface area (Å²) in [6.07, 6.45) is 6.83. The molecule has 10 aromatic carbocycles. The van der Waals surface area contributed by atoms with E-state index in [4.69, 9.17) is 0 Å². The maximum atomic E-state index is 2.68. The number of aryl methyl sites for hydroxylation is 2. The van der Waals surface area contributed by atoms with Crippen LogP contribution in [0.4, 0.5) is 45.5 Å². The van der Waals surface area contributed by atoms with Crippen molar-refractivity contribution in [3.63, 3.8) is 0 Å². The molecule has 0 unspecified atom stereocenters. The molecule has 0 spiro atoms. The monoisotopic (exact) mass is 941 g/mol. The summed E-state index contributed by atoms with van der Waals surface area (Å²) in [6.45, 7) is 9.26. The number of anilines is 8. The van der Waals surface area contributed by atoms with Crippen LogP contribution in [0.15, 0.2) is 218 Å². The van der Waals surface area contributed by atoms with Crippen molar-refractivity contribution in [2.75, 3.05) is 14.6 Å². The van der Waals surface area contributed by atoms with Crippen molar-refractivity contribution < 1.29 is 0 Å². The molecular weight excluding hydrogens is 882 g/mol. The maximum Gasteiger partial charge on any atom is 0.333 e. The maximum absolute atomic E-state index is 2.68. The van der Waals surface area contributed by atoms with Crippen molar-refractivity contribution in [3.8, 4) is 33.4 Å².